The van der Waals surface area contributed by atoms with Crippen molar-refractivity contribution in [3.63, 3.8) is 0 Å². The fourth-order valence-corrected chi connectivity index (χ4v) is 1.83. The van der Waals surface area contributed by atoms with Gasteiger partial charge in [-0.05, 0) is 6.92 Å². The molecule has 6 heteroatoms. The number of amides is 1. The second-order valence-corrected chi connectivity index (χ2v) is 3.88. The van der Waals surface area contributed by atoms with Crippen molar-refractivity contribution in [2.24, 2.45) is 5.92 Å². The highest BCUT2D eigenvalue weighted by Crippen LogP contribution is 2.25. The Kier molecular flexibility index (Phi) is 4.51. The van der Waals surface area contributed by atoms with E-state index in [9.17, 15) is 14.7 Å². The first-order valence-corrected chi connectivity index (χ1v) is 5.33. The number of ether oxygens (including phenoxy) is 2. The number of esters is 1. The monoisotopic (exact) mass is 243 g/mol. The van der Waals surface area contributed by atoms with Gasteiger partial charge in [0, 0.05) is 6.54 Å². The highest BCUT2D eigenvalue weighted by molar-refractivity contribution is 5.76. The minimum absolute atomic E-state index is 0.0983. The molecule has 0 aromatic rings. The molecule has 1 rings (SSSR count). The molecule has 2 unspecified atom stereocenters. The van der Waals surface area contributed by atoms with E-state index in [2.05, 4.69) is 11.3 Å². The molecule has 96 valence electrons. The van der Waals surface area contributed by atoms with Gasteiger partial charge in [0.15, 0.2) is 0 Å². The van der Waals surface area contributed by atoms with Crippen LogP contribution < -0.4 is 0 Å². The van der Waals surface area contributed by atoms with Gasteiger partial charge in [-0.2, -0.15) is 0 Å². The molecule has 1 amide bonds. The van der Waals surface area contributed by atoms with Gasteiger partial charge in [0.25, 0.3) is 0 Å². The van der Waals surface area contributed by atoms with Gasteiger partial charge in [0.05, 0.1) is 19.3 Å². The lowest BCUT2D eigenvalue weighted by atomic mass is 10.0. The third kappa shape index (κ3) is 2.76. The van der Waals surface area contributed by atoms with E-state index < -0.39 is 30.1 Å². The third-order valence-electron chi connectivity index (χ3n) is 2.85. The summed E-state index contributed by atoms with van der Waals surface area (Å²) in [4.78, 5) is 24.3. The zero-order chi connectivity index (χ0) is 13.0. The van der Waals surface area contributed by atoms with Crippen LogP contribution in [0, 0.1) is 5.92 Å². The van der Waals surface area contributed by atoms with Crippen LogP contribution >= 0.6 is 0 Å². The van der Waals surface area contributed by atoms with E-state index in [1.54, 1.807) is 6.92 Å². The van der Waals surface area contributed by atoms with E-state index in [1.807, 2.05) is 0 Å². The lowest BCUT2D eigenvalue weighted by molar-refractivity contribution is -0.147. The van der Waals surface area contributed by atoms with Crippen molar-refractivity contribution in [1.82, 2.24) is 4.90 Å². The molecule has 1 aliphatic rings. The number of aliphatic hydroxyl groups is 1. The van der Waals surface area contributed by atoms with Gasteiger partial charge in [-0.15, -0.1) is 0 Å². The van der Waals surface area contributed by atoms with E-state index in [1.165, 1.54) is 18.1 Å². The Balaban J connectivity index is 2.67. The standard InChI is InChI=1S/C11H17NO5/c1-4-5-17-11(15)12-6-8(10(14)16-3)9(13)7(12)2/h4,7-9,13H,1,5-6H2,2-3H3/t7-,8?,9?/m0/s1. The molecule has 0 aliphatic carbocycles. The summed E-state index contributed by atoms with van der Waals surface area (Å²) in [5, 5.41) is 9.83. The lowest BCUT2D eigenvalue weighted by Gasteiger charge is -2.21. The van der Waals surface area contributed by atoms with Crippen LogP contribution in [0.4, 0.5) is 4.79 Å². The summed E-state index contributed by atoms with van der Waals surface area (Å²) in [6, 6.07) is -0.476. The summed E-state index contributed by atoms with van der Waals surface area (Å²) >= 11 is 0. The van der Waals surface area contributed by atoms with Gasteiger partial charge in [-0.1, -0.05) is 12.7 Å². The Morgan fingerprint density at radius 1 is 1.59 bits per heavy atom. The average molecular weight is 243 g/mol. The molecule has 0 spiro atoms. The van der Waals surface area contributed by atoms with Crippen molar-refractivity contribution < 1.29 is 24.2 Å². The molecule has 0 radical (unpaired) electrons. The number of methoxy groups -OCH3 is 1. The molecule has 3 atom stereocenters. The number of carbonyl (C=O) groups is 2. The van der Waals surface area contributed by atoms with Crippen LogP contribution in [0.2, 0.25) is 0 Å². The Morgan fingerprint density at radius 3 is 2.76 bits per heavy atom. The van der Waals surface area contributed by atoms with Gasteiger partial charge in [-0.25, -0.2) is 4.79 Å². The average Bonchev–Trinajstić information content (AvgIpc) is 2.63. The lowest BCUT2D eigenvalue weighted by Crippen LogP contribution is -2.37. The maximum atomic E-state index is 11.6. The summed E-state index contributed by atoms with van der Waals surface area (Å²) in [6.45, 7) is 5.29. The van der Waals surface area contributed by atoms with Gasteiger partial charge in [-0.3, -0.25) is 4.79 Å². The maximum Gasteiger partial charge on any atom is 0.410 e. The minimum Gasteiger partial charge on any atom is -0.469 e. The largest absolute Gasteiger partial charge is 0.469 e. The summed E-state index contributed by atoms with van der Waals surface area (Å²) < 4.78 is 9.43. The Bertz CT molecular complexity index is 317. The quantitative estimate of drug-likeness (QED) is 0.564. The highest BCUT2D eigenvalue weighted by atomic mass is 16.6. The van der Waals surface area contributed by atoms with E-state index in [4.69, 9.17) is 4.74 Å². The first-order valence-electron chi connectivity index (χ1n) is 5.33. The Labute approximate surface area is 99.8 Å². The normalized spacial score (nSPS) is 27.7. The second-order valence-electron chi connectivity index (χ2n) is 3.88. The smallest absolute Gasteiger partial charge is 0.410 e. The first kappa shape index (κ1) is 13.5. The molecule has 17 heavy (non-hydrogen) atoms. The summed E-state index contributed by atoms with van der Waals surface area (Å²) in [7, 11) is 1.25. The SMILES string of the molecule is C=CCOC(=O)N1CC(C(=O)OC)C(O)[C@@H]1C. The molecule has 1 fully saturated rings. The second kappa shape index (κ2) is 5.67. The van der Waals surface area contributed by atoms with Crippen LogP contribution in [0.3, 0.4) is 0 Å². The summed E-state index contributed by atoms with van der Waals surface area (Å²) in [5.41, 5.74) is 0. The highest BCUT2D eigenvalue weighted by Gasteiger charge is 2.45. The molecular weight excluding hydrogens is 226 g/mol. The molecular formula is C11H17NO5. The van der Waals surface area contributed by atoms with Crippen molar-refractivity contribution in [1.29, 1.82) is 0 Å². The fraction of sp³-hybridized carbons (Fsp3) is 0.636. The summed E-state index contributed by atoms with van der Waals surface area (Å²) in [6.07, 6.45) is -0.0473. The minimum atomic E-state index is -0.932. The van der Waals surface area contributed by atoms with Crippen molar-refractivity contribution >= 4 is 12.1 Å². The zero-order valence-corrected chi connectivity index (χ0v) is 9.96. The molecule has 0 saturated carbocycles. The molecule has 1 saturated heterocycles. The molecule has 0 bridgehead atoms. The van der Waals surface area contributed by atoms with E-state index >= 15 is 0 Å². The number of carbonyl (C=O) groups excluding carboxylic acids is 2. The Hall–Kier alpha value is -1.56. The molecule has 1 aliphatic heterocycles. The molecule has 1 N–H and O–H groups in total. The van der Waals surface area contributed by atoms with Crippen molar-refractivity contribution in [2.45, 2.75) is 19.1 Å². The van der Waals surface area contributed by atoms with Gasteiger partial charge >= 0.3 is 12.1 Å². The number of aliphatic hydroxyl groups excluding tert-OH is 1. The summed E-state index contributed by atoms with van der Waals surface area (Å²) in [5.74, 6) is -1.24. The number of hydrogen-bond acceptors (Lipinski definition) is 5. The number of hydrogen-bond donors (Lipinski definition) is 1. The molecule has 0 aromatic carbocycles. The topological polar surface area (TPSA) is 76.1 Å². The van der Waals surface area contributed by atoms with Gasteiger partial charge < -0.3 is 19.5 Å². The predicted molar refractivity (Wildman–Crippen MR) is 59.2 cm³/mol. The van der Waals surface area contributed by atoms with E-state index in [0.717, 1.165) is 0 Å². The van der Waals surface area contributed by atoms with Crippen molar-refractivity contribution in [3.8, 4) is 0 Å². The predicted octanol–water partition coefficient (Wildman–Crippen LogP) is 0.163. The van der Waals surface area contributed by atoms with Crippen LogP contribution in [0.1, 0.15) is 6.92 Å². The van der Waals surface area contributed by atoms with E-state index in [0.29, 0.717) is 0 Å². The van der Waals surface area contributed by atoms with Crippen molar-refractivity contribution in [3.05, 3.63) is 12.7 Å². The first-order chi connectivity index (χ1) is 8.02. The van der Waals surface area contributed by atoms with Gasteiger partial charge in [0.1, 0.15) is 12.5 Å². The molecule has 0 aromatic heterocycles. The number of nitrogens with zero attached hydrogens (tertiary/aromatic N) is 1. The van der Waals surface area contributed by atoms with Crippen LogP contribution in [-0.4, -0.2) is 54.5 Å². The third-order valence-corrected chi connectivity index (χ3v) is 2.85. The van der Waals surface area contributed by atoms with Gasteiger partial charge in [0.2, 0.25) is 0 Å². The molecule has 1 heterocycles. The number of likely N-dealkylation sites (tertiary alicyclic amines) is 1. The van der Waals surface area contributed by atoms with E-state index in [-0.39, 0.29) is 13.2 Å². The zero-order valence-electron chi connectivity index (χ0n) is 9.96. The van der Waals surface area contributed by atoms with Crippen LogP contribution in [0.15, 0.2) is 12.7 Å². The molecule has 6 nitrogen and oxygen atoms in total. The van der Waals surface area contributed by atoms with Crippen LogP contribution in [-0.2, 0) is 14.3 Å². The van der Waals surface area contributed by atoms with Crippen LogP contribution in [0.25, 0.3) is 0 Å². The fourth-order valence-electron chi connectivity index (χ4n) is 1.83. The van der Waals surface area contributed by atoms with Crippen LogP contribution in [0.5, 0.6) is 0 Å². The maximum absolute atomic E-state index is 11.6. The Morgan fingerprint density at radius 2 is 2.24 bits per heavy atom. The number of rotatable bonds is 3. The van der Waals surface area contributed by atoms with Crippen molar-refractivity contribution in [2.75, 3.05) is 20.3 Å².